The first kappa shape index (κ1) is 19.1. The summed E-state index contributed by atoms with van der Waals surface area (Å²) in [5.74, 6) is 1.28. The lowest BCUT2D eigenvalue weighted by Crippen LogP contribution is -2.44. The maximum absolute atomic E-state index is 12.3. The molecule has 0 bridgehead atoms. The Bertz CT molecular complexity index is 907. The first-order chi connectivity index (χ1) is 12.9. The number of morpholine rings is 1. The minimum Gasteiger partial charge on any atom is -0.465 e. The number of hydrogen-bond acceptors (Lipinski definition) is 6. The molecule has 1 aliphatic heterocycles. The van der Waals surface area contributed by atoms with E-state index >= 15 is 0 Å². The standard InChI is InChI=1S/C18H24N4O5/c1-12-10-22(18(25)20-17(12)24)11-16(23)19-9-14(15-4-3-13(2)27-15)21-5-7-26-8-6-21/h3-4,10,14H,5-9,11H2,1-2H3,(H,19,23)(H,20,24,25)/t14-/m1/s1. The van der Waals surface area contributed by atoms with Crippen molar-refractivity contribution >= 4 is 5.91 Å². The molecule has 1 aliphatic rings. The van der Waals surface area contributed by atoms with E-state index in [2.05, 4.69) is 15.2 Å². The number of aromatic amines is 1. The van der Waals surface area contributed by atoms with Crippen LogP contribution in [0.2, 0.25) is 0 Å². The third kappa shape index (κ3) is 4.75. The third-order valence-corrected chi connectivity index (χ3v) is 4.57. The normalized spacial score (nSPS) is 16.2. The molecule has 3 heterocycles. The first-order valence-electron chi connectivity index (χ1n) is 8.89. The fourth-order valence-electron chi connectivity index (χ4n) is 3.09. The predicted molar refractivity (Wildman–Crippen MR) is 97.6 cm³/mol. The highest BCUT2D eigenvalue weighted by Crippen LogP contribution is 2.23. The Morgan fingerprint density at radius 2 is 2.00 bits per heavy atom. The Morgan fingerprint density at radius 3 is 2.67 bits per heavy atom. The van der Waals surface area contributed by atoms with Gasteiger partial charge in [-0.15, -0.1) is 0 Å². The number of ether oxygens (including phenoxy) is 1. The molecule has 2 aromatic rings. The van der Waals surface area contributed by atoms with Crippen molar-refractivity contribution in [2.24, 2.45) is 0 Å². The van der Waals surface area contributed by atoms with Crippen LogP contribution in [0.1, 0.15) is 23.1 Å². The lowest BCUT2D eigenvalue weighted by atomic mass is 10.1. The SMILES string of the molecule is Cc1ccc([C@@H](CNC(=O)Cn2cc(C)c(=O)[nH]c2=O)N2CCOCC2)o1. The van der Waals surface area contributed by atoms with Crippen molar-refractivity contribution in [3.63, 3.8) is 0 Å². The molecule has 146 valence electrons. The third-order valence-electron chi connectivity index (χ3n) is 4.57. The molecule has 2 aromatic heterocycles. The number of aryl methyl sites for hydroxylation is 2. The number of hydrogen-bond donors (Lipinski definition) is 2. The van der Waals surface area contributed by atoms with E-state index in [4.69, 9.17) is 9.15 Å². The number of aromatic nitrogens is 2. The van der Waals surface area contributed by atoms with Gasteiger partial charge in [0.1, 0.15) is 18.1 Å². The zero-order chi connectivity index (χ0) is 19.4. The van der Waals surface area contributed by atoms with E-state index in [1.54, 1.807) is 6.92 Å². The average molecular weight is 376 g/mol. The molecule has 9 heteroatoms. The van der Waals surface area contributed by atoms with E-state index in [0.29, 0.717) is 25.3 Å². The van der Waals surface area contributed by atoms with Crippen LogP contribution in [0.4, 0.5) is 0 Å². The van der Waals surface area contributed by atoms with Gasteiger partial charge in [-0.25, -0.2) is 4.79 Å². The van der Waals surface area contributed by atoms with E-state index in [-0.39, 0.29) is 18.5 Å². The molecule has 0 radical (unpaired) electrons. The molecule has 9 nitrogen and oxygen atoms in total. The van der Waals surface area contributed by atoms with Crippen LogP contribution in [-0.2, 0) is 16.1 Å². The topological polar surface area (TPSA) is 110 Å². The van der Waals surface area contributed by atoms with Crippen molar-refractivity contribution in [1.29, 1.82) is 0 Å². The fourth-order valence-corrected chi connectivity index (χ4v) is 3.09. The second kappa shape index (κ2) is 8.36. The maximum Gasteiger partial charge on any atom is 0.328 e. The van der Waals surface area contributed by atoms with Gasteiger partial charge in [0.2, 0.25) is 5.91 Å². The van der Waals surface area contributed by atoms with Gasteiger partial charge in [0.05, 0.1) is 19.3 Å². The van der Waals surface area contributed by atoms with Crippen LogP contribution in [0.15, 0.2) is 32.3 Å². The summed E-state index contributed by atoms with van der Waals surface area (Å²) in [4.78, 5) is 40.0. The van der Waals surface area contributed by atoms with Crippen molar-refractivity contribution in [3.8, 4) is 0 Å². The monoisotopic (exact) mass is 376 g/mol. The number of nitrogens with one attached hydrogen (secondary N) is 2. The summed E-state index contributed by atoms with van der Waals surface area (Å²) in [7, 11) is 0. The average Bonchev–Trinajstić information content (AvgIpc) is 3.07. The Morgan fingerprint density at radius 1 is 1.26 bits per heavy atom. The summed E-state index contributed by atoms with van der Waals surface area (Å²) in [6, 6.07) is 3.70. The number of H-pyrrole nitrogens is 1. The first-order valence-corrected chi connectivity index (χ1v) is 8.89. The summed E-state index contributed by atoms with van der Waals surface area (Å²) < 4.78 is 12.4. The Balaban J connectivity index is 1.67. The molecule has 1 fully saturated rings. The molecule has 1 atom stereocenters. The van der Waals surface area contributed by atoms with Gasteiger partial charge in [-0.3, -0.25) is 24.0 Å². The highest BCUT2D eigenvalue weighted by molar-refractivity contribution is 5.75. The molecule has 0 saturated carbocycles. The van der Waals surface area contributed by atoms with Crippen LogP contribution in [0.5, 0.6) is 0 Å². The number of rotatable bonds is 6. The zero-order valence-electron chi connectivity index (χ0n) is 15.5. The number of amides is 1. The van der Waals surface area contributed by atoms with Crippen LogP contribution in [0.3, 0.4) is 0 Å². The van der Waals surface area contributed by atoms with Gasteiger partial charge < -0.3 is 14.5 Å². The van der Waals surface area contributed by atoms with Crippen LogP contribution in [-0.4, -0.2) is 53.2 Å². The second-order valence-electron chi connectivity index (χ2n) is 6.62. The van der Waals surface area contributed by atoms with Crippen molar-refractivity contribution in [1.82, 2.24) is 19.8 Å². The minimum atomic E-state index is -0.605. The number of furan rings is 1. The molecule has 1 amide bonds. The van der Waals surface area contributed by atoms with Gasteiger partial charge in [-0.2, -0.15) is 0 Å². The van der Waals surface area contributed by atoms with E-state index in [1.165, 1.54) is 10.8 Å². The van der Waals surface area contributed by atoms with Gasteiger partial charge >= 0.3 is 5.69 Å². The summed E-state index contributed by atoms with van der Waals surface area (Å²) in [6.07, 6.45) is 1.39. The fraction of sp³-hybridized carbons (Fsp3) is 0.500. The molecule has 27 heavy (non-hydrogen) atoms. The number of carbonyl (C=O) groups excluding carboxylic acids is 1. The molecular weight excluding hydrogens is 352 g/mol. The number of carbonyl (C=O) groups is 1. The largest absolute Gasteiger partial charge is 0.465 e. The second-order valence-corrected chi connectivity index (χ2v) is 6.62. The van der Waals surface area contributed by atoms with E-state index in [9.17, 15) is 14.4 Å². The number of nitrogens with zero attached hydrogens (tertiary/aromatic N) is 2. The van der Waals surface area contributed by atoms with Crippen LogP contribution in [0.25, 0.3) is 0 Å². The molecule has 2 N–H and O–H groups in total. The van der Waals surface area contributed by atoms with E-state index in [0.717, 1.165) is 24.6 Å². The zero-order valence-corrected chi connectivity index (χ0v) is 15.5. The van der Waals surface area contributed by atoms with Crippen molar-refractivity contribution < 1.29 is 13.9 Å². The lowest BCUT2D eigenvalue weighted by molar-refractivity contribution is -0.122. The van der Waals surface area contributed by atoms with E-state index < -0.39 is 11.2 Å². The quantitative estimate of drug-likeness (QED) is 0.731. The Hall–Kier alpha value is -2.65. The van der Waals surface area contributed by atoms with Gasteiger partial charge in [-0.05, 0) is 26.0 Å². The van der Waals surface area contributed by atoms with Crippen molar-refractivity contribution in [3.05, 3.63) is 56.3 Å². The molecule has 0 unspecified atom stereocenters. The molecule has 1 saturated heterocycles. The molecule has 0 spiro atoms. The van der Waals surface area contributed by atoms with Gasteiger partial charge in [0.15, 0.2) is 0 Å². The maximum atomic E-state index is 12.3. The van der Waals surface area contributed by atoms with Crippen LogP contribution in [0, 0.1) is 13.8 Å². The smallest absolute Gasteiger partial charge is 0.328 e. The summed E-state index contributed by atoms with van der Waals surface area (Å²) >= 11 is 0. The van der Waals surface area contributed by atoms with Gasteiger partial charge in [0, 0.05) is 31.4 Å². The lowest BCUT2D eigenvalue weighted by Gasteiger charge is -2.33. The molecule has 3 rings (SSSR count). The molecule has 0 aliphatic carbocycles. The van der Waals surface area contributed by atoms with Gasteiger partial charge in [0.25, 0.3) is 5.56 Å². The summed E-state index contributed by atoms with van der Waals surface area (Å²) in [6.45, 7) is 6.42. The molecule has 0 aromatic carbocycles. The highest BCUT2D eigenvalue weighted by Gasteiger charge is 2.25. The Labute approximate surface area is 155 Å². The van der Waals surface area contributed by atoms with Gasteiger partial charge in [-0.1, -0.05) is 0 Å². The predicted octanol–water partition coefficient (Wildman–Crippen LogP) is -0.0639. The highest BCUT2D eigenvalue weighted by atomic mass is 16.5. The molecular formula is C18H24N4O5. The van der Waals surface area contributed by atoms with Crippen molar-refractivity contribution in [2.75, 3.05) is 32.8 Å². The summed E-state index contributed by atoms with van der Waals surface area (Å²) in [5, 5.41) is 2.86. The minimum absolute atomic E-state index is 0.111. The van der Waals surface area contributed by atoms with Crippen molar-refractivity contribution in [2.45, 2.75) is 26.4 Å². The van der Waals surface area contributed by atoms with Crippen LogP contribution >= 0.6 is 0 Å². The Kier molecular flexibility index (Phi) is 5.92. The van der Waals surface area contributed by atoms with Crippen LogP contribution < -0.4 is 16.6 Å². The van der Waals surface area contributed by atoms with E-state index in [1.807, 2.05) is 19.1 Å². The summed E-state index contributed by atoms with van der Waals surface area (Å²) in [5.41, 5.74) is -0.677.